The molecule has 9 nitrogen and oxygen atoms in total. The smallest absolute Gasteiger partial charge is 0.249 e. The zero-order valence-electron chi connectivity index (χ0n) is 28.7. The second-order valence-corrected chi connectivity index (χ2v) is 14.3. The predicted molar refractivity (Wildman–Crippen MR) is 183 cm³/mol. The second-order valence-electron chi connectivity index (χ2n) is 14.3. The molecular weight excluding hydrogens is 576 g/mol. The summed E-state index contributed by atoms with van der Waals surface area (Å²) in [4.78, 5) is 45.7. The van der Waals surface area contributed by atoms with Gasteiger partial charge in [-0.15, -0.1) is 0 Å². The van der Waals surface area contributed by atoms with Crippen molar-refractivity contribution in [1.29, 1.82) is 0 Å². The number of nitrogens with zero attached hydrogens (tertiary/aromatic N) is 6. The molecule has 1 amide bonds. The lowest BCUT2D eigenvalue weighted by Crippen LogP contribution is -2.56. The van der Waals surface area contributed by atoms with E-state index in [4.69, 9.17) is 9.72 Å². The van der Waals surface area contributed by atoms with Crippen molar-refractivity contribution in [1.82, 2.24) is 19.8 Å². The van der Waals surface area contributed by atoms with Gasteiger partial charge in [0.15, 0.2) is 11.6 Å². The van der Waals surface area contributed by atoms with E-state index in [0.29, 0.717) is 49.3 Å². The van der Waals surface area contributed by atoms with Crippen LogP contribution in [0.4, 0.5) is 11.5 Å². The Hall–Kier alpha value is -3.04. The van der Waals surface area contributed by atoms with E-state index in [1.165, 1.54) is 58.4 Å². The number of hydrogen-bond acceptors (Lipinski definition) is 8. The van der Waals surface area contributed by atoms with Crippen LogP contribution in [0, 0.1) is 11.8 Å². The summed E-state index contributed by atoms with van der Waals surface area (Å²) in [6.45, 7) is 15.0. The SMILES string of the molecule is CC[C@@H]1C(=O)N(CC)c2cnc(Cc3ccc(C(=O)C[C@H]4CC[C@H](N5CCN(CC6CC6)CC5)CC4)cc3OC)nc2N1C(C)C. The second kappa shape index (κ2) is 14.4. The number of carbonyl (C=O) groups is 2. The minimum atomic E-state index is -0.239. The number of likely N-dealkylation sites (N-methyl/N-ethyl adjacent to an activating group) is 1. The number of aromatic nitrogens is 2. The van der Waals surface area contributed by atoms with Crippen LogP contribution in [0.15, 0.2) is 24.4 Å². The summed E-state index contributed by atoms with van der Waals surface area (Å²) in [6, 6.07) is 6.40. The number of ketones is 1. The van der Waals surface area contributed by atoms with E-state index >= 15 is 0 Å². The van der Waals surface area contributed by atoms with Crippen molar-refractivity contribution in [3.63, 3.8) is 0 Å². The van der Waals surface area contributed by atoms with Crippen molar-refractivity contribution >= 4 is 23.2 Å². The summed E-state index contributed by atoms with van der Waals surface area (Å²) in [6.07, 6.45) is 11.1. The number of Topliss-reactive ketones (excluding diaryl/α,β-unsaturated/α-hetero) is 1. The Morgan fingerprint density at radius 3 is 2.35 bits per heavy atom. The fraction of sp³-hybridized carbons (Fsp3) is 0.676. The topological polar surface area (TPSA) is 82.1 Å². The third-order valence-electron chi connectivity index (χ3n) is 10.9. The Balaban J connectivity index is 1.07. The van der Waals surface area contributed by atoms with E-state index in [1.54, 1.807) is 18.2 Å². The van der Waals surface area contributed by atoms with Crippen LogP contribution in [0.5, 0.6) is 5.75 Å². The molecular formula is C37H54N6O3. The van der Waals surface area contributed by atoms with Crippen molar-refractivity contribution in [2.75, 3.05) is 56.2 Å². The number of piperazine rings is 1. The van der Waals surface area contributed by atoms with Gasteiger partial charge in [-0.2, -0.15) is 0 Å². The molecule has 6 rings (SSSR count). The summed E-state index contributed by atoms with van der Waals surface area (Å²) >= 11 is 0. The van der Waals surface area contributed by atoms with E-state index < -0.39 is 0 Å². The number of benzene rings is 1. The number of fused-ring (bicyclic) bond motifs is 1. The molecule has 0 radical (unpaired) electrons. The standard InChI is InChI=1S/C37H54N6O3/c1-6-31-37(45)42(7-2)32-23-38-35(39-36(32)43(31)25(3)4)22-29-13-12-28(21-34(29)46-5)33(44)20-26-10-14-30(15-11-26)41-18-16-40(17-19-41)24-27-8-9-27/h12-13,21,23,25-27,30-31H,6-11,14-20,22,24H2,1-5H3/t26-,30-,31-/m1/s1. The minimum absolute atomic E-state index is 0.106. The Morgan fingerprint density at radius 2 is 1.72 bits per heavy atom. The zero-order chi connectivity index (χ0) is 32.4. The van der Waals surface area contributed by atoms with Gasteiger partial charge in [0, 0.05) is 75.3 Å². The molecule has 3 heterocycles. The molecule has 0 N–H and O–H groups in total. The molecule has 1 atom stereocenters. The van der Waals surface area contributed by atoms with Crippen LogP contribution in [0.1, 0.15) is 101 Å². The number of methoxy groups -OCH3 is 1. The van der Waals surface area contributed by atoms with Crippen molar-refractivity contribution in [3.05, 3.63) is 41.3 Å². The molecule has 46 heavy (non-hydrogen) atoms. The van der Waals surface area contributed by atoms with Crippen molar-refractivity contribution in [2.45, 2.75) is 104 Å². The Labute approximate surface area is 275 Å². The van der Waals surface area contributed by atoms with Crippen LogP contribution in [0.3, 0.4) is 0 Å². The van der Waals surface area contributed by atoms with Gasteiger partial charge in [0.05, 0.1) is 13.3 Å². The fourth-order valence-corrected chi connectivity index (χ4v) is 8.04. The highest BCUT2D eigenvalue weighted by Gasteiger charge is 2.39. The Kier molecular flexibility index (Phi) is 10.3. The summed E-state index contributed by atoms with van der Waals surface area (Å²) in [5.41, 5.74) is 2.43. The Bertz CT molecular complexity index is 1380. The van der Waals surface area contributed by atoms with Gasteiger partial charge >= 0.3 is 0 Å². The molecule has 0 bridgehead atoms. The first-order chi connectivity index (χ1) is 22.3. The Morgan fingerprint density at radius 1 is 1.00 bits per heavy atom. The highest BCUT2D eigenvalue weighted by Crippen LogP contribution is 2.37. The quantitative estimate of drug-likeness (QED) is 0.281. The first-order valence-electron chi connectivity index (χ1n) is 17.9. The maximum atomic E-state index is 13.4. The molecule has 9 heteroatoms. The van der Waals surface area contributed by atoms with Gasteiger partial charge in [0.1, 0.15) is 23.3 Å². The number of hydrogen-bond donors (Lipinski definition) is 0. The molecule has 2 aliphatic heterocycles. The minimum Gasteiger partial charge on any atom is -0.496 e. The van der Waals surface area contributed by atoms with Crippen LogP contribution in [0.25, 0.3) is 0 Å². The molecule has 1 aromatic heterocycles. The van der Waals surface area contributed by atoms with Crippen LogP contribution in [-0.2, 0) is 11.2 Å². The van der Waals surface area contributed by atoms with Crippen LogP contribution >= 0.6 is 0 Å². The molecule has 4 aliphatic rings. The van der Waals surface area contributed by atoms with Crippen molar-refractivity contribution in [2.24, 2.45) is 11.8 Å². The van der Waals surface area contributed by atoms with Gasteiger partial charge in [-0.25, -0.2) is 9.97 Å². The number of amides is 1. The predicted octanol–water partition coefficient (Wildman–Crippen LogP) is 5.60. The van der Waals surface area contributed by atoms with Gasteiger partial charge in [-0.3, -0.25) is 14.5 Å². The largest absolute Gasteiger partial charge is 0.496 e. The molecule has 0 spiro atoms. The van der Waals surface area contributed by atoms with Crippen LogP contribution < -0.4 is 14.5 Å². The summed E-state index contributed by atoms with van der Waals surface area (Å²) < 4.78 is 5.79. The monoisotopic (exact) mass is 630 g/mol. The van der Waals surface area contributed by atoms with Gasteiger partial charge in [-0.05, 0) is 83.6 Å². The molecule has 1 aromatic carbocycles. The molecule has 2 saturated carbocycles. The van der Waals surface area contributed by atoms with Crippen LogP contribution in [-0.4, -0.2) is 96.0 Å². The first-order valence-corrected chi connectivity index (χ1v) is 17.9. The van der Waals surface area contributed by atoms with Gasteiger partial charge in [-0.1, -0.05) is 19.1 Å². The van der Waals surface area contributed by atoms with Gasteiger partial charge in [0.25, 0.3) is 0 Å². The lowest BCUT2D eigenvalue weighted by Gasteiger charge is -2.43. The normalized spacial score (nSPS) is 24.4. The van der Waals surface area contributed by atoms with Crippen molar-refractivity contribution in [3.8, 4) is 5.75 Å². The third-order valence-corrected chi connectivity index (χ3v) is 10.9. The molecule has 3 fully saturated rings. The number of anilines is 2. The zero-order valence-corrected chi connectivity index (χ0v) is 28.7. The van der Waals surface area contributed by atoms with E-state index in [0.717, 1.165) is 41.4 Å². The molecule has 2 aliphatic carbocycles. The lowest BCUT2D eigenvalue weighted by atomic mass is 9.81. The van der Waals surface area contributed by atoms with E-state index in [-0.39, 0.29) is 23.8 Å². The maximum absolute atomic E-state index is 13.4. The van der Waals surface area contributed by atoms with Gasteiger partial charge in [0.2, 0.25) is 5.91 Å². The van der Waals surface area contributed by atoms with Crippen molar-refractivity contribution < 1.29 is 14.3 Å². The third kappa shape index (κ3) is 7.10. The first kappa shape index (κ1) is 32.9. The highest BCUT2D eigenvalue weighted by atomic mass is 16.5. The molecule has 0 unspecified atom stereocenters. The van der Waals surface area contributed by atoms with E-state index in [9.17, 15) is 9.59 Å². The van der Waals surface area contributed by atoms with E-state index in [2.05, 4.69) is 40.5 Å². The molecule has 1 saturated heterocycles. The number of rotatable bonds is 12. The molecule has 2 aromatic rings. The average molecular weight is 631 g/mol. The summed E-state index contributed by atoms with van der Waals surface area (Å²) in [5, 5.41) is 0. The van der Waals surface area contributed by atoms with Crippen LogP contribution in [0.2, 0.25) is 0 Å². The van der Waals surface area contributed by atoms with E-state index in [1.807, 2.05) is 25.1 Å². The number of carbonyl (C=O) groups excluding carboxylic acids is 2. The number of ether oxygens (including phenoxy) is 1. The average Bonchev–Trinajstić information content (AvgIpc) is 3.89. The highest BCUT2D eigenvalue weighted by molar-refractivity contribution is 6.04. The molecule has 250 valence electrons. The summed E-state index contributed by atoms with van der Waals surface area (Å²) in [5.74, 6) is 3.91. The fourth-order valence-electron chi connectivity index (χ4n) is 8.04. The lowest BCUT2D eigenvalue weighted by molar-refractivity contribution is -0.120. The summed E-state index contributed by atoms with van der Waals surface area (Å²) in [7, 11) is 1.66. The maximum Gasteiger partial charge on any atom is 0.249 e. The van der Waals surface area contributed by atoms with Gasteiger partial charge < -0.3 is 19.4 Å².